The second-order valence-corrected chi connectivity index (χ2v) is 6.65. The number of nitrogens with one attached hydrogen (secondary N) is 2. The number of benzene rings is 1. The van der Waals surface area contributed by atoms with Crippen molar-refractivity contribution in [2.45, 2.75) is 51.9 Å². The number of hydrogen-bond donors (Lipinski definition) is 2. The molecule has 146 valence electrons. The summed E-state index contributed by atoms with van der Waals surface area (Å²) in [5, 5.41) is 6.61. The van der Waals surface area contributed by atoms with Crippen molar-refractivity contribution in [3.8, 4) is 0 Å². The van der Waals surface area contributed by atoms with Gasteiger partial charge in [-0.2, -0.15) is 13.2 Å². The first-order valence-corrected chi connectivity index (χ1v) is 9.35. The van der Waals surface area contributed by atoms with Crippen molar-refractivity contribution in [2.24, 2.45) is 4.99 Å². The van der Waals surface area contributed by atoms with Gasteiger partial charge in [-0.1, -0.05) is 19.1 Å². The van der Waals surface area contributed by atoms with Gasteiger partial charge in [-0.15, -0.1) is 0 Å². The molecule has 4 nitrogen and oxygen atoms in total. The van der Waals surface area contributed by atoms with Gasteiger partial charge in [0.05, 0.1) is 12.1 Å². The molecular formula is C19H29F3N4. The molecule has 1 fully saturated rings. The fourth-order valence-corrected chi connectivity index (χ4v) is 3.15. The highest BCUT2D eigenvalue weighted by Gasteiger charge is 2.30. The van der Waals surface area contributed by atoms with Gasteiger partial charge in [0, 0.05) is 25.7 Å². The standard InChI is InChI=1S/C19H29F3N4/c1-3-10-26-11-8-17(9-12-26)25-18(23-4-2)24-14-15-6-5-7-16(13-15)19(20,21)22/h5-7,13,17H,3-4,8-12,14H2,1-2H3,(H2,23,24,25). The molecule has 2 rings (SSSR count). The molecule has 0 aliphatic carbocycles. The maximum absolute atomic E-state index is 12.8. The van der Waals surface area contributed by atoms with Crippen LogP contribution in [0.1, 0.15) is 44.2 Å². The lowest BCUT2D eigenvalue weighted by molar-refractivity contribution is -0.137. The number of nitrogens with zero attached hydrogens (tertiary/aromatic N) is 2. The summed E-state index contributed by atoms with van der Waals surface area (Å²) < 4.78 is 38.5. The van der Waals surface area contributed by atoms with Crippen molar-refractivity contribution in [1.82, 2.24) is 15.5 Å². The van der Waals surface area contributed by atoms with Crippen LogP contribution in [0.4, 0.5) is 13.2 Å². The number of alkyl halides is 3. The lowest BCUT2D eigenvalue weighted by Crippen LogP contribution is -2.48. The van der Waals surface area contributed by atoms with Crippen LogP contribution >= 0.6 is 0 Å². The maximum atomic E-state index is 12.8. The molecule has 0 bridgehead atoms. The van der Waals surface area contributed by atoms with Crippen molar-refractivity contribution in [3.05, 3.63) is 35.4 Å². The van der Waals surface area contributed by atoms with Gasteiger partial charge in [0.15, 0.2) is 5.96 Å². The summed E-state index contributed by atoms with van der Waals surface area (Å²) in [5.74, 6) is 0.666. The number of hydrogen-bond acceptors (Lipinski definition) is 2. The minimum absolute atomic E-state index is 0.216. The Morgan fingerprint density at radius 3 is 2.58 bits per heavy atom. The highest BCUT2D eigenvalue weighted by atomic mass is 19.4. The van der Waals surface area contributed by atoms with Crippen LogP contribution in [0.25, 0.3) is 0 Å². The van der Waals surface area contributed by atoms with Crippen molar-refractivity contribution < 1.29 is 13.2 Å². The normalized spacial score (nSPS) is 17.3. The SMILES string of the molecule is CCCN1CCC(NC(=NCc2cccc(C(F)(F)F)c2)NCC)CC1. The molecule has 0 saturated carbocycles. The molecule has 0 radical (unpaired) electrons. The van der Waals surface area contributed by atoms with Gasteiger partial charge in [-0.25, -0.2) is 4.99 Å². The highest BCUT2D eigenvalue weighted by Crippen LogP contribution is 2.29. The summed E-state index contributed by atoms with van der Waals surface area (Å²) in [7, 11) is 0. The number of guanidine groups is 1. The lowest BCUT2D eigenvalue weighted by Gasteiger charge is -2.32. The highest BCUT2D eigenvalue weighted by molar-refractivity contribution is 5.80. The van der Waals surface area contributed by atoms with E-state index < -0.39 is 11.7 Å². The zero-order valence-electron chi connectivity index (χ0n) is 15.6. The number of rotatable bonds is 6. The number of likely N-dealkylation sites (tertiary alicyclic amines) is 1. The van der Waals surface area contributed by atoms with E-state index in [1.54, 1.807) is 6.07 Å². The Kier molecular flexibility index (Phi) is 7.75. The third-order valence-corrected chi connectivity index (χ3v) is 4.49. The smallest absolute Gasteiger partial charge is 0.357 e. The fraction of sp³-hybridized carbons (Fsp3) is 0.632. The lowest BCUT2D eigenvalue weighted by atomic mass is 10.1. The molecule has 0 aromatic heterocycles. The molecule has 0 unspecified atom stereocenters. The molecule has 1 heterocycles. The zero-order chi connectivity index (χ0) is 19.0. The Morgan fingerprint density at radius 2 is 1.96 bits per heavy atom. The Bertz CT molecular complexity index is 578. The first-order chi connectivity index (χ1) is 12.4. The van der Waals surface area contributed by atoms with E-state index in [0.29, 0.717) is 24.1 Å². The van der Waals surface area contributed by atoms with Crippen molar-refractivity contribution in [2.75, 3.05) is 26.2 Å². The summed E-state index contributed by atoms with van der Waals surface area (Å²) in [5.41, 5.74) is -0.0822. The van der Waals surface area contributed by atoms with Crippen LogP contribution in [0.5, 0.6) is 0 Å². The minimum Gasteiger partial charge on any atom is -0.357 e. The summed E-state index contributed by atoms with van der Waals surface area (Å²) in [6, 6.07) is 5.70. The van der Waals surface area contributed by atoms with E-state index in [-0.39, 0.29) is 6.54 Å². The van der Waals surface area contributed by atoms with Crippen molar-refractivity contribution >= 4 is 5.96 Å². The molecule has 0 spiro atoms. The number of aliphatic imine (C=N–C) groups is 1. The molecule has 1 aliphatic heterocycles. The fourth-order valence-electron chi connectivity index (χ4n) is 3.15. The van der Waals surface area contributed by atoms with Crippen LogP contribution in [-0.4, -0.2) is 43.1 Å². The first-order valence-electron chi connectivity index (χ1n) is 9.35. The second-order valence-electron chi connectivity index (χ2n) is 6.65. The Morgan fingerprint density at radius 1 is 1.23 bits per heavy atom. The van der Waals surface area contributed by atoms with Crippen LogP contribution in [0, 0.1) is 0 Å². The molecule has 0 atom stereocenters. The van der Waals surface area contributed by atoms with E-state index >= 15 is 0 Å². The van der Waals surface area contributed by atoms with Gasteiger partial charge in [-0.3, -0.25) is 0 Å². The summed E-state index contributed by atoms with van der Waals surface area (Å²) in [4.78, 5) is 6.93. The van der Waals surface area contributed by atoms with Crippen molar-refractivity contribution in [3.63, 3.8) is 0 Å². The van der Waals surface area contributed by atoms with Gasteiger partial charge in [0.1, 0.15) is 0 Å². The van der Waals surface area contributed by atoms with Crippen LogP contribution in [0.15, 0.2) is 29.3 Å². The third-order valence-electron chi connectivity index (χ3n) is 4.49. The van der Waals surface area contributed by atoms with Crippen LogP contribution < -0.4 is 10.6 Å². The summed E-state index contributed by atoms with van der Waals surface area (Å²) in [6.07, 6.45) is -1.06. The monoisotopic (exact) mass is 370 g/mol. The quantitative estimate of drug-likeness (QED) is 0.593. The maximum Gasteiger partial charge on any atom is 0.416 e. The molecule has 7 heteroatoms. The van der Waals surface area contributed by atoms with E-state index in [1.807, 2.05) is 6.92 Å². The number of halogens is 3. The molecule has 1 aliphatic rings. The van der Waals surface area contributed by atoms with Gasteiger partial charge in [0.25, 0.3) is 0 Å². The van der Waals surface area contributed by atoms with Crippen LogP contribution in [0.2, 0.25) is 0 Å². The molecular weight excluding hydrogens is 341 g/mol. The average Bonchev–Trinajstić information content (AvgIpc) is 2.61. The van der Waals surface area contributed by atoms with Crippen LogP contribution in [-0.2, 0) is 12.7 Å². The van der Waals surface area contributed by atoms with Gasteiger partial charge in [0.2, 0.25) is 0 Å². The van der Waals surface area contributed by atoms with Crippen molar-refractivity contribution in [1.29, 1.82) is 0 Å². The van der Waals surface area contributed by atoms with Crippen LogP contribution in [0.3, 0.4) is 0 Å². The van der Waals surface area contributed by atoms with Gasteiger partial charge >= 0.3 is 6.18 Å². The topological polar surface area (TPSA) is 39.7 Å². The Hall–Kier alpha value is -1.76. The molecule has 1 aromatic carbocycles. The van der Waals surface area contributed by atoms with E-state index in [1.165, 1.54) is 12.5 Å². The zero-order valence-corrected chi connectivity index (χ0v) is 15.6. The largest absolute Gasteiger partial charge is 0.416 e. The third kappa shape index (κ3) is 6.52. The predicted octanol–water partition coefficient (Wildman–Crippen LogP) is 3.63. The minimum atomic E-state index is -4.32. The molecule has 26 heavy (non-hydrogen) atoms. The predicted molar refractivity (Wildman–Crippen MR) is 99.1 cm³/mol. The van der Waals surface area contributed by atoms with E-state index in [2.05, 4.69) is 27.4 Å². The first kappa shape index (κ1) is 20.6. The second kappa shape index (κ2) is 9.80. The van der Waals surface area contributed by atoms with E-state index in [4.69, 9.17) is 0 Å². The van der Waals surface area contributed by atoms with E-state index in [9.17, 15) is 13.2 Å². The Balaban J connectivity index is 1.95. The molecule has 1 saturated heterocycles. The molecule has 2 N–H and O–H groups in total. The van der Waals surface area contributed by atoms with E-state index in [0.717, 1.165) is 44.6 Å². The molecule has 1 aromatic rings. The number of piperidine rings is 1. The molecule has 0 amide bonds. The Labute approximate surface area is 153 Å². The summed E-state index contributed by atoms with van der Waals surface area (Å²) in [6.45, 7) is 8.36. The average molecular weight is 370 g/mol. The van der Waals surface area contributed by atoms with Gasteiger partial charge in [-0.05, 0) is 50.4 Å². The van der Waals surface area contributed by atoms with Gasteiger partial charge < -0.3 is 15.5 Å². The summed E-state index contributed by atoms with van der Waals surface area (Å²) >= 11 is 0.